The lowest BCUT2D eigenvalue weighted by atomic mass is 10.1. The number of carbonyl (C=O) groups is 1. The van der Waals surface area contributed by atoms with Crippen molar-refractivity contribution in [1.82, 2.24) is 0 Å². The summed E-state index contributed by atoms with van der Waals surface area (Å²) >= 11 is 0. The largest absolute Gasteiger partial charge is 0.480 e. The summed E-state index contributed by atoms with van der Waals surface area (Å²) in [4.78, 5) is 11.3. The highest BCUT2D eigenvalue weighted by molar-refractivity contribution is 7.92. The molecule has 23 heavy (non-hydrogen) atoms. The van der Waals surface area contributed by atoms with E-state index in [9.17, 15) is 18.3 Å². The molecule has 1 N–H and O–H groups in total. The van der Waals surface area contributed by atoms with Crippen LogP contribution in [0, 0.1) is 20.8 Å². The Morgan fingerprint density at radius 2 is 1.52 bits per heavy atom. The Balaban J connectivity index is 2.63. The number of hydrogen-bond donors (Lipinski definition) is 1. The summed E-state index contributed by atoms with van der Waals surface area (Å²) < 4.78 is 26.9. The third kappa shape index (κ3) is 3.53. The molecule has 2 aromatic rings. The van der Waals surface area contributed by atoms with Crippen molar-refractivity contribution in [1.29, 1.82) is 0 Å². The van der Waals surface area contributed by atoms with E-state index in [1.165, 1.54) is 12.1 Å². The van der Waals surface area contributed by atoms with Gasteiger partial charge in [-0.15, -0.1) is 0 Å². The number of benzene rings is 2. The van der Waals surface area contributed by atoms with Crippen LogP contribution in [0.2, 0.25) is 0 Å². The fourth-order valence-electron chi connectivity index (χ4n) is 2.44. The van der Waals surface area contributed by atoms with E-state index in [1.807, 2.05) is 13.0 Å². The van der Waals surface area contributed by atoms with E-state index in [0.29, 0.717) is 16.8 Å². The molecule has 0 bridgehead atoms. The first-order valence-corrected chi connectivity index (χ1v) is 8.55. The second kappa shape index (κ2) is 6.42. The van der Waals surface area contributed by atoms with Crippen LogP contribution in [0.25, 0.3) is 0 Å². The van der Waals surface area contributed by atoms with Crippen molar-refractivity contribution in [3.63, 3.8) is 0 Å². The minimum absolute atomic E-state index is 0.0759. The van der Waals surface area contributed by atoms with Gasteiger partial charge in [0, 0.05) is 0 Å². The van der Waals surface area contributed by atoms with Gasteiger partial charge in [-0.05, 0) is 44.0 Å². The van der Waals surface area contributed by atoms with E-state index in [0.717, 1.165) is 9.87 Å². The Morgan fingerprint density at radius 3 is 2.00 bits per heavy atom. The van der Waals surface area contributed by atoms with Crippen LogP contribution in [0.1, 0.15) is 16.7 Å². The maximum absolute atomic E-state index is 12.9. The van der Waals surface area contributed by atoms with E-state index in [2.05, 4.69) is 0 Å². The van der Waals surface area contributed by atoms with Gasteiger partial charge in [-0.2, -0.15) is 0 Å². The maximum atomic E-state index is 12.9. The van der Waals surface area contributed by atoms with Crippen LogP contribution >= 0.6 is 0 Å². The Hall–Kier alpha value is -2.34. The second-order valence-electron chi connectivity index (χ2n) is 5.46. The lowest BCUT2D eigenvalue weighted by Gasteiger charge is -2.26. The van der Waals surface area contributed by atoms with Gasteiger partial charge in [0.2, 0.25) is 0 Å². The first-order valence-electron chi connectivity index (χ1n) is 7.11. The lowest BCUT2D eigenvalue weighted by Crippen LogP contribution is -2.36. The number of aliphatic carboxylic acids is 1. The molecule has 0 aliphatic rings. The fourth-order valence-corrected chi connectivity index (χ4v) is 3.99. The van der Waals surface area contributed by atoms with Gasteiger partial charge in [0.1, 0.15) is 6.54 Å². The number of carboxylic acids is 1. The number of anilines is 1. The highest BCUT2D eigenvalue weighted by atomic mass is 32.2. The Bertz CT molecular complexity index is 806. The predicted molar refractivity (Wildman–Crippen MR) is 89.3 cm³/mol. The van der Waals surface area contributed by atoms with Crippen molar-refractivity contribution in [3.05, 3.63) is 59.2 Å². The second-order valence-corrected chi connectivity index (χ2v) is 7.32. The Morgan fingerprint density at radius 1 is 1.00 bits per heavy atom. The van der Waals surface area contributed by atoms with Crippen LogP contribution < -0.4 is 4.31 Å². The van der Waals surface area contributed by atoms with E-state index >= 15 is 0 Å². The minimum Gasteiger partial charge on any atom is -0.480 e. The summed E-state index contributed by atoms with van der Waals surface area (Å²) in [5.41, 5.74) is 2.76. The average molecular weight is 333 g/mol. The number of nitrogens with zero attached hydrogens (tertiary/aromatic N) is 1. The molecule has 0 amide bonds. The van der Waals surface area contributed by atoms with Crippen molar-refractivity contribution >= 4 is 21.7 Å². The minimum atomic E-state index is -3.96. The number of hydrogen-bond acceptors (Lipinski definition) is 3. The third-order valence-electron chi connectivity index (χ3n) is 3.58. The maximum Gasteiger partial charge on any atom is 0.324 e. The molecule has 0 saturated carbocycles. The molecular formula is C17H19NO4S. The van der Waals surface area contributed by atoms with Crippen molar-refractivity contribution in [2.24, 2.45) is 0 Å². The molecule has 0 heterocycles. The van der Waals surface area contributed by atoms with Gasteiger partial charge in [0.15, 0.2) is 0 Å². The van der Waals surface area contributed by atoms with Crippen LogP contribution in [0.4, 0.5) is 5.69 Å². The smallest absolute Gasteiger partial charge is 0.324 e. The normalized spacial score (nSPS) is 11.3. The van der Waals surface area contributed by atoms with E-state index in [-0.39, 0.29) is 4.90 Å². The molecule has 0 spiro atoms. The summed E-state index contributed by atoms with van der Waals surface area (Å²) in [5, 5.41) is 9.18. The van der Waals surface area contributed by atoms with Crippen molar-refractivity contribution in [2.75, 3.05) is 10.8 Å². The number of sulfonamides is 1. The zero-order valence-electron chi connectivity index (χ0n) is 13.3. The van der Waals surface area contributed by atoms with E-state index in [4.69, 9.17) is 0 Å². The highest BCUT2D eigenvalue weighted by Crippen LogP contribution is 2.30. The number of aryl methyl sites for hydroxylation is 3. The summed E-state index contributed by atoms with van der Waals surface area (Å²) in [5.74, 6) is -1.21. The summed E-state index contributed by atoms with van der Waals surface area (Å²) in [6.45, 7) is 4.77. The standard InChI is InChI=1S/C17H19NO4S/c1-12-7-9-15(10-8-12)23(21,22)18(11-16(19)20)17-13(2)5-4-6-14(17)3/h4-10H,11H2,1-3H3,(H,19,20). The molecular weight excluding hydrogens is 314 g/mol. The zero-order valence-corrected chi connectivity index (χ0v) is 14.1. The highest BCUT2D eigenvalue weighted by Gasteiger charge is 2.29. The molecule has 122 valence electrons. The van der Waals surface area contributed by atoms with Crippen LogP contribution in [-0.4, -0.2) is 26.0 Å². The molecule has 0 aliphatic carbocycles. The molecule has 0 fully saturated rings. The van der Waals surface area contributed by atoms with Gasteiger partial charge in [0.25, 0.3) is 10.0 Å². The quantitative estimate of drug-likeness (QED) is 0.913. The molecule has 0 atom stereocenters. The predicted octanol–water partition coefficient (Wildman–Crippen LogP) is 2.89. The van der Waals surface area contributed by atoms with E-state index in [1.54, 1.807) is 38.1 Å². The topological polar surface area (TPSA) is 74.7 Å². The van der Waals surface area contributed by atoms with Crippen molar-refractivity contribution in [2.45, 2.75) is 25.7 Å². The van der Waals surface area contributed by atoms with Crippen LogP contribution in [0.3, 0.4) is 0 Å². The number of para-hydroxylation sites is 1. The molecule has 0 radical (unpaired) electrons. The van der Waals surface area contributed by atoms with Crippen LogP contribution in [-0.2, 0) is 14.8 Å². The van der Waals surface area contributed by atoms with Crippen LogP contribution in [0.15, 0.2) is 47.4 Å². The molecule has 5 nitrogen and oxygen atoms in total. The Kier molecular flexibility index (Phi) is 4.75. The van der Waals surface area contributed by atoms with Gasteiger partial charge in [0.05, 0.1) is 10.6 Å². The summed E-state index contributed by atoms with van der Waals surface area (Å²) in [6.07, 6.45) is 0. The molecule has 0 unspecified atom stereocenters. The summed E-state index contributed by atoms with van der Waals surface area (Å²) in [6, 6.07) is 11.7. The van der Waals surface area contributed by atoms with Gasteiger partial charge in [-0.3, -0.25) is 9.10 Å². The number of rotatable bonds is 5. The molecule has 0 aromatic heterocycles. The SMILES string of the molecule is Cc1ccc(S(=O)(=O)N(CC(=O)O)c2c(C)cccc2C)cc1. The molecule has 0 aliphatic heterocycles. The molecule has 0 saturated heterocycles. The average Bonchev–Trinajstić information content (AvgIpc) is 2.46. The first kappa shape index (κ1) is 17.0. The fraction of sp³-hybridized carbons (Fsp3) is 0.235. The summed E-state index contributed by atoms with van der Waals surface area (Å²) in [7, 11) is -3.96. The molecule has 2 aromatic carbocycles. The van der Waals surface area contributed by atoms with Crippen molar-refractivity contribution in [3.8, 4) is 0 Å². The lowest BCUT2D eigenvalue weighted by molar-refractivity contribution is -0.135. The number of carboxylic acid groups (broad SMARTS) is 1. The van der Waals surface area contributed by atoms with Gasteiger partial charge in [-0.25, -0.2) is 8.42 Å². The van der Waals surface area contributed by atoms with Gasteiger partial charge in [-0.1, -0.05) is 35.9 Å². The van der Waals surface area contributed by atoms with Crippen LogP contribution in [0.5, 0.6) is 0 Å². The van der Waals surface area contributed by atoms with Gasteiger partial charge >= 0.3 is 5.97 Å². The first-order chi connectivity index (χ1) is 10.7. The van der Waals surface area contributed by atoms with Gasteiger partial charge < -0.3 is 5.11 Å². The molecule has 6 heteroatoms. The Labute approximate surface area is 136 Å². The third-order valence-corrected chi connectivity index (χ3v) is 5.34. The monoisotopic (exact) mass is 333 g/mol. The molecule has 2 rings (SSSR count). The van der Waals surface area contributed by atoms with Crippen molar-refractivity contribution < 1.29 is 18.3 Å². The zero-order chi connectivity index (χ0) is 17.2. The van der Waals surface area contributed by atoms with E-state index < -0.39 is 22.5 Å².